The average Bonchev–Trinajstić information content (AvgIpc) is 2.97. The molecule has 0 heterocycles. The molecule has 1 unspecified atom stereocenters. The second-order valence-electron chi connectivity index (χ2n) is 6.91. The Hall–Kier alpha value is -2.17. The van der Waals surface area contributed by atoms with Gasteiger partial charge in [-0.2, -0.15) is 0 Å². The fraction of sp³-hybridized carbons (Fsp3) is 0.200. The van der Waals surface area contributed by atoms with Crippen LogP contribution in [0.3, 0.4) is 0 Å². The van der Waals surface area contributed by atoms with Crippen molar-refractivity contribution in [2.75, 3.05) is 0 Å². The van der Waals surface area contributed by atoms with Gasteiger partial charge in [-0.25, -0.2) is 0 Å². The predicted octanol–water partition coefficient (Wildman–Crippen LogP) is 6.15. The van der Waals surface area contributed by atoms with E-state index in [1.807, 2.05) is 0 Å². The van der Waals surface area contributed by atoms with Crippen molar-refractivity contribution in [1.29, 1.82) is 0 Å². The summed E-state index contributed by atoms with van der Waals surface area (Å²) in [7, 11) is -0.307. The van der Waals surface area contributed by atoms with Gasteiger partial charge in [0.2, 0.25) is 0 Å². The molecule has 3 aromatic rings. The fourth-order valence-corrected chi connectivity index (χ4v) is 6.86. The molecule has 0 fully saturated rings. The second-order valence-corrected chi connectivity index (χ2v) is 9.41. The topological polar surface area (TPSA) is 0 Å². The number of hydrogen-bond donors (Lipinski definition) is 0. The summed E-state index contributed by atoms with van der Waals surface area (Å²) in [6.07, 6.45) is 7.42. The van der Waals surface area contributed by atoms with Crippen LogP contribution in [0.15, 0.2) is 97.1 Å². The summed E-state index contributed by atoms with van der Waals surface area (Å²) in [5, 5.41) is 3.03. The van der Waals surface area contributed by atoms with Crippen LogP contribution in [-0.4, -0.2) is 5.66 Å². The van der Waals surface area contributed by atoms with Crippen LogP contribution in [-0.2, 0) is 0 Å². The molecular formula is C25H25P. The quantitative estimate of drug-likeness (QED) is 0.492. The molecule has 0 bridgehead atoms. The standard InChI is InChI=1S/C25H25P/c1-4-11-21(12-5-1)22-13-10-18-25(20-19-22)26(23-14-6-2-7-15-23)24-16-8-3-9-17-24/h1-9,11-17,25H,10,18-20H2. The molecule has 0 N–H and O–H groups in total. The van der Waals surface area contributed by atoms with Crippen LogP contribution in [0.2, 0.25) is 0 Å². The lowest BCUT2D eigenvalue weighted by molar-refractivity contribution is 0.733. The minimum Gasteiger partial charge on any atom is -0.0807 e. The molecule has 0 amide bonds. The summed E-state index contributed by atoms with van der Waals surface area (Å²) in [4.78, 5) is 0. The van der Waals surface area contributed by atoms with Gasteiger partial charge in [-0.1, -0.05) is 97.1 Å². The number of benzene rings is 3. The van der Waals surface area contributed by atoms with Gasteiger partial charge in [-0.3, -0.25) is 0 Å². The highest BCUT2D eigenvalue weighted by Gasteiger charge is 2.25. The monoisotopic (exact) mass is 356 g/mol. The Morgan fingerprint density at radius 1 is 0.615 bits per heavy atom. The third-order valence-corrected chi connectivity index (χ3v) is 8.17. The Labute approximate surface area is 158 Å². The first kappa shape index (κ1) is 17.3. The van der Waals surface area contributed by atoms with Gasteiger partial charge in [-0.05, 0) is 61.0 Å². The maximum atomic E-state index is 2.48. The minimum atomic E-state index is -0.307. The molecule has 1 atom stereocenters. The van der Waals surface area contributed by atoms with E-state index in [-0.39, 0.29) is 7.92 Å². The third-order valence-electron chi connectivity index (χ3n) is 5.22. The van der Waals surface area contributed by atoms with Crippen molar-refractivity contribution in [3.8, 4) is 0 Å². The van der Waals surface area contributed by atoms with Crippen LogP contribution in [0.5, 0.6) is 0 Å². The largest absolute Gasteiger partial charge is 0.0807 e. The van der Waals surface area contributed by atoms with Gasteiger partial charge < -0.3 is 0 Å². The molecule has 0 radical (unpaired) electrons. The van der Waals surface area contributed by atoms with Crippen LogP contribution >= 0.6 is 7.92 Å². The van der Waals surface area contributed by atoms with E-state index in [1.165, 1.54) is 47.4 Å². The van der Waals surface area contributed by atoms with Crippen LogP contribution in [0.1, 0.15) is 31.2 Å². The molecule has 0 aromatic heterocycles. The van der Waals surface area contributed by atoms with Gasteiger partial charge in [0.1, 0.15) is 0 Å². The smallest absolute Gasteiger partial charge is 0.0123 e. The zero-order valence-corrected chi connectivity index (χ0v) is 16.0. The second kappa shape index (κ2) is 8.47. The van der Waals surface area contributed by atoms with Crippen LogP contribution in [0, 0.1) is 0 Å². The maximum absolute atomic E-state index is 2.48. The van der Waals surface area contributed by atoms with E-state index in [1.54, 1.807) is 0 Å². The summed E-state index contributed by atoms with van der Waals surface area (Å²) < 4.78 is 0. The zero-order valence-electron chi connectivity index (χ0n) is 15.1. The van der Waals surface area contributed by atoms with Gasteiger partial charge in [0.05, 0.1) is 0 Å². The van der Waals surface area contributed by atoms with Crippen molar-refractivity contribution in [2.24, 2.45) is 0 Å². The van der Waals surface area contributed by atoms with E-state index in [2.05, 4.69) is 97.1 Å². The lowest BCUT2D eigenvalue weighted by Gasteiger charge is -2.28. The first-order valence-corrected chi connectivity index (χ1v) is 11.0. The van der Waals surface area contributed by atoms with Crippen molar-refractivity contribution in [2.45, 2.75) is 31.3 Å². The average molecular weight is 356 g/mol. The molecule has 130 valence electrons. The van der Waals surface area contributed by atoms with E-state index >= 15 is 0 Å². The Morgan fingerprint density at radius 2 is 1.15 bits per heavy atom. The van der Waals surface area contributed by atoms with Gasteiger partial charge in [0.15, 0.2) is 0 Å². The molecular weight excluding hydrogens is 331 g/mol. The molecule has 1 aliphatic rings. The number of rotatable bonds is 4. The third kappa shape index (κ3) is 3.97. The molecule has 26 heavy (non-hydrogen) atoms. The highest BCUT2D eigenvalue weighted by Crippen LogP contribution is 2.46. The van der Waals surface area contributed by atoms with E-state index in [0.29, 0.717) is 0 Å². The molecule has 3 aromatic carbocycles. The van der Waals surface area contributed by atoms with Gasteiger partial charge in [-0.15, -0.1) is 0 Å². The Kier molecular flexibility index (Phi) is 5.62. The summed E-state index contributed by atoms with van der Waals surface area (Å²) in [6.45, 7) is 0. The Bertz CT molecular complexity index is 798. The van der Waals surface area contributed by atoms with Crippen molar-refractivity contribution in [3.05, 3.63) is 103 Å². The molecule has 0 saturated heterocycles. The molecule has 0 spiro atoms. The predicted molar refractivity (Wildman–Crippen MR) is 116 cm³/mol. The van der Waals surface area contributed by atoms with E-state index in [4.69, 9.17) is 0 Å². The Morgan fingerprint density at radius 3 is 1.73 bits per heavy atom. The molecule has 0 aliphatic heterocycles. The SMILES string of the molecule is C1=C(c2ccccc2)CCC(P(c2ccccc2)c2ccccc2)CC1. The number of hydrogen-bond acceptors (Lipinski definition) is 0. The van der Waals surface area contributed by atoms with Crippen LogP contribution in [0.25, 0.3) is 5.57 Å². The molecule has 0 saturated carbocycles. The van der Waals surface area contributed by atoms with Crippen molar-refractivity contribution < 1.29 is 0 Å². The first-order chi connectivity index (χ1) is 12.9. The van der Waals surface area contributed by atoms with Crippen molar-refractivity contribution in [3.63, 3.8) is 0 Å². The van der Waals surface area contributed by atoms with Crippen LogP contribution in [0.4, 0.5) is 0 Å². The summed E-state index contributed by atoms with van der Waals surface area (Å²) in [6, 6.07) is 33.3. The van der Waals surface area contributed by atoms with E-state index in [9.17, 15) is 0 Å². The molecule has 1 aliphatic carbocycles. The highest BCUT2D eigenvalue weighted by atomic mass is 31.1. The summed E-state index contributed by atoms with van der Waals surface area (Å²) in [5.74, 6) is 0. The van der Waals surface area contributed by atoms with Gasteiger partial charge in [0.25, 0.3) is 0 Å². The van der Waals surface area contributed by atoms with Crippen molar-refractivity contribution >= 4 is 24.1 Å². The zero-order chi connectivity index (χ0) is 17.6. The summed E-state index contributed by atoms with van der Waals surface area (Å²) >= 11 is 0. The maximum Gasteiger partial charge on any atom is -0.0123 e. The lowest BCUT2D eigenvalue weighted by Crippen LogP contribution is -2.21. The van der Waals surface area contributed by atoms with Crippen molar-refractivity contribution in [1.82, 2.24) is 0 Å². The van der Waals surface area contributed by atoms with Gasteiger partial charge in [0, 0.05) is 0 Å². The van der Waals surface area contributed by atoms with Gasteiger partial charge >= 0.3 is 0 Å². The highest BCUT2D eigenvalue weighted by molar-refractivity contribution is 7.73. The van der Waals surface area contributed by atoms with E-state index in [0.717, 1.165) is 5.66 Å². The number of allylic oxidation sites excluding steroid dienone is 2. The van der Waals surface area contributed by atoms with Crippen LogP contribution < -0.4 is 10.6 Å². The summed E-state index contributed by atoms with van der Waals surface area (Å²) in [5.41, 5.74) is 3.67. The molecule has 4 rings (SSSR count). The fourth-order valence-electron chi connectivity index (χ4n) is 3.94. The van der Waals surface area contributed by atoms with E-state index < -0.39 is 0 Å². The Balaban J connectivity index is 1.60. The molecule has 0 nitrogen and oxygen atoms in total. The lowest BCUT2D eigenvalue weighted by atomic mass is 10.0. The first-order valence-electron chi connectivity index (χ1n) is 9.55. The minimum absolute atomic E-state index is 0.307. The molecule has 1 heteroatoms. The normalized spacial score (nSPS) is 17.6.